The van der Waals surface area contributed by atoms with Gasteiger partial charge in [0.15, 0.2) is 11.6 Å². The van der Waals surface area contributed by atoms with Crippen LogP contribution in [0, 0.1) is 12.7 Å². The summed E-state index contributed by atoms with van der Waals surface area (Å²) < 4.78 is 19.5. The molecule has 0 bridgehead atoms. The van der Waals surface area contributed by atoms with Gasteiger partial charge in [-0.3, -0.25) is 0 Å². The number of alkyl halides is 1. The van der Waals surface area contributed by atoms with Crippen molar-refractivity contribution in [3.8, 4) is 5.75 Å². The summed E-state index contributed by atoms with van der Waals surface area (Å²) >= 11 is 9.91. The number of hydrogen-bond acceptors (Lipinski definition) is 1. The highest BCUT2D eigenvalue weighted by atomic mass is 79.9. The van der Waals surface area contributed by atoms with E-state index in [-0.39, 0.29) is 5.75 Å². The summed E-state index contributed by atoms with van der Waals surface area (Å²) in [5.41, 5.74) is 2.73. The number of methoxy groups -OCH3 is 1. The Kier molecular flexibility index (Phi) is 4.48. The van der Waals surface area contributed by atoms with Crippen molar-refractivity contribution in [3.05, 3.63) is 63.4 Å². The van der Waals surface area contributed by atoms with E-state index >= 15 is 0 Å². The first kappa shape index (κ1) is 14.4. The molecule has 0 N–H and O–H groups in total. The number of rotatable bonds is 3. The lowest BCUT2D eigenvalue weighted by molar-refractivity contribution is 0.386. The first-order chi connectivity index (χ1) is 9.02. The van der Waals surface area contributed by atoms with E-state index in [1.807, 2.05) is 25.1 Å². The molecule has 0 saturated carbocycles. The molecule has 0 aliphatic rings. The smallest absolute Gasteiger partial charge is 0.165 e. The van der Waals surface area contributed by atoms with E-state index in [0.717, 1.165) is 15.6 Å². The van der Waals surface area contributed by atoms with Gasteiger partial charge in [-0.15, -0.1) is 11.6 Å². The molecule has 1 nitrogen and oxygen atoms in total. The van der Waals surface area contributed by atoms with Gasteiger partial charge in [0.2, 0.25) is 0 Å². The van der Waals surface area contributed by atoms with Crippen molar-refractivity contribution in [2.24, 2.45) is 0 Å². The molecule has 2 aromatic rings. The Morgan fingerprint density at radius 3 is 2.58 bits per heavy atom. The molecule has 2 rings (SSSR count). The Morgan fingerprint density at radius 2 is 1.95 bits per heavy atom. The molecule has 2 aromatic carbocycles. The van der Waals surface area contributed by atoms with Crippen LogP contribution in [0.25, 0.3) is 0 Å². The molecule has 0 amide bonds. The first-order valence-corrected chi connectivity index (χ1v) is 6.99. The fraction of sp³-hybridized carbons (Fsp3) is 0.200. The molecular weight excluding hydrogens is 331 g/mol. The quantitative estimate of drug-likeness (QED) is 0.693. The minimum absolute atomic E-state index is 0.218. The first-order valence-electron chi connectivity index (χ1n) is 5.76. The van der Waals surface area contributed by atoms with E-state index in [4.69, 9.17) is 16.3 Å². The number of halogens is 3. The summed E-state index contributed by atoms with van der Waals surface area (Å²) in [4.78, 5) is 0. The maximum atomic E-state index is 13.7. The second-order valence-electron chi connectivity index (χ2n) is 4.28. The molecule has 4 heteroatoms. The second kappa shape index (κ2) is 5.93. The molecule has 0 heterocycles. The minimum Gasteiger partial charge on any atom is -0.494 e. The summed E-state index contributed by atoms with van der Waals surface area (Å²) in [6.07, 6.45) is 0. The molecule has 100 valence electrons. The van der Waals surface area contributed by atoms with Gasteiger partial charge < -0.3 is 4.74 Å². The van der Waals surface area contributed by atoms with E-state index in [0.29, 0.717) is 5.56 Å². The van der Waals surface area contributed by atoms with Crippen molar-refractivity contribution in [1.82, 2.24) is 0 Å². The van der Waals surface area contributed by atoms with Crippen LogP contribution in [0.5, 0.6) is 5.75 Å². The van der Waals surface area contributed by atoms with E-state index in [2.05, 4.69) is 15.9 Å². The summed E-state index contributed by atoms with van der Waals surface area (Å²) in [5.74, 6) is -0.189. The highest BCUT2D eigenvalue weighted by Gasteiger charge is 2.16. The van der Waals surface area contributed by atoms with Gasteiger partial charge in [-0.2, -0.15) is 0 Å². The lowest BCUT2D eigenvalue weighted by Crippen LogP contribution is -1.97. The number of aryl methyl sites for hydroxylation is 1. The van der Waals surface area contributed by atoms with Gasteiger partial charge in [0, 0.05) is 4.47 Å². The molecule has 0 aromatic heterocycles. The van der Waals surface area contributed by atoms with Crippen molar-refractivity contribution in [1.29, 1.82) is 0 Å². The number of hydrogen-bond donors (Lipinski definition) is 0. The lowest BCUT2D eigenvalue weighted by Gasteiger charge is -2.14. The molecule has 1 unspecified atom stereocenters. The Hall–Kier alpha value is -1.06. The fourth-order valence-electron chi connectivity index (χ4n) is 1.88. The van der Waals surface area contributed by atoms with Crippen molar-refractivity contribution >= 4 is 27.5 Å². The van der Waals surface area contributed by atoms with E-state index < -0.39 is 11.2 Å². The topological polar surface area (TPSA) is 9.23 Å². The molecule has 0 aliphatic heterocycles. The maximum absolute atomic E-state index is 13.7. The number of benzene rings is 2. The average Bonchev–Trinajstić information content (AvgIpc) is 2.40. The third-order valence-electron chi connectivity index (χ3n) is 2.89. The molecule has 0 saturated heterocycles. The van der Waals surface area contributed by atoms with Crippen LogP contribution in [-0.2, 0) is 0 Å². The molecule has 19 heavy (non-hydrogen) atoms. The maximum Gasteiger partial charge on any atom is 0.165 e. The van der Waals surface area contributed by atoms with E-state index in [1.165, 1.54) is 13.2 Å². The van der Waals surface area contributed by atoms with Crippen LogP contribution in [0.2, 0.25) is 0 Å². The fourth-order valence-corrected chi connectivity index (χ4v) is 2.80. The predicted molar refractivity (Wildman–Crippen MR) is 79.5 cm³/mol. The van der Waals surface area contributed by atoms with Crippen molar-refractivity contribution < 1.29 is 9.13 Å². The molecular formula is C15H13BrClFO. The van der Waals surface area contributed by atoms with Crippen LogP contribution < -0.4 is 4.74 Å². The zero-order chi connectivity index (χ0) is 14.0. The van der Waals surface area contributed by atoms with Gasteiger partial charge >= 0.3 is 0 Å². The highest BCUT2D eigenvalue weighted by Crippen LogP contribution is 2.35. The van der Waals surface area contributed by atoms with Crippen LogP contribution in [0.4, 0.5) is 4.39 Å². The monoisotopic (exact) mass is 342 g/mol. The molecule has 0 aliphatic carbocycles. The minimum atomic E-state index is -0.408. The average molecular weight is 344 g/mol. The third-order valence-corrected chi connectivity index (χ3v) is 4.10. The van der Waals surface area contributed by atoms with Gasteiger partial charge in [-0.25, -0.2) is 4.39 Å². The second-order valence-corrected chi connectivity index (χ2v) is 5.57. The Morgan fingerprint density at radius 1 is 1.21 bits per heavy atom. The standard InChI is InChI=1S/C15H13BrClFO/c1-9-3-5-12(16)11(7-9)15(17)10-4-6-14(19-2)13(18)8-10/h3-8,15H,1-2H3. The summed E-state index contributed by atoms with van der Waals surface area (Å²) in [7, 11) is 1.44. The van der Waals surface area contributed by atoms with E-state index in [1.54, 1.807) is 12.1 Å². The van der Waals surface area contributed by atoms with Crippen molar-refractivity contribution in [3.63, 3.8) is 0 Å². The SMILES string of the molecule is COc1ccc(C(Cl)c2cc(C)ccc2Br)cc1F. The number of ether oxygens (including phenoxy) is 1. The molecule has 0 spiro atoms. The van der Waals surface area contributed by atoms with Gasteiger partial charge in [0.05, 0.1) is 12.5 Å². The summed E-state index contributed by atoms with van der Waals surface area (Å²) in [6, 6.07) is 10.7. The zero-order valence-electron chi connectivity index (χ0n) is 10.6. The van der Waals surface area contributed by atoms with Gasteiger partial charge in [0.25, 0.3) is 0 Å². The third kappa shape index (κ3) is 3.10. The van der Waals surface area contributed by atoms with Crippen LogP contribution in [0.1, 0.15) is 22.1 Å². The van der Waals surface area contributed by atoms with Gasteiger partial charge in [-0.1, -0.05) is 39.7 Å². The van der Waals surface area contributed by atoms with Crippen LogP contribution >= 0.6 is 27.5 Å². The molecule has 0 radical (unpaired) electrons. The summed E-state index contributed by atoms with van der Waals surface area (Å²) in [6.45, 7) is 1.99. The summed E-state index contributed by atoms with van der Waals surface area (Å²) in [5, 5.41) is -0.408. The lowest BCUT2D eigenvalue weighted by atomic mass is 10.0. The highest BCUT2D eigenvalue weighted by molar-refractivity contribution is 9.10. The largest absolute Gasteiger partial charge is 0.494 e. The van der Waals surface area contributed by atoms with Crippen molar-refractivity contribution in [2.75, 3.05) is 7.11 Å². The Bertz CT molecular complexity index is 601. The van der Waals surface area contributed by atoms with Gasteiger partial charge in [-0.05, 0) is 36.2 Å². The van der Waals surface area contributed by atoms with Gasteiger partial charge in [0.1, 0.15) is 0 Å². The van der Waals surface area contributed by atoms with Crippen LogP contribution in [-0.4, -0.2) is 7.11 Å². The molecule has 1 atom stereocenters. The molecule has 0 fully saturated rings. The Balaban J connectivity index is 2.41. The normalized spacial score (nSPS) is 12.3. The van der Waals surface area contributed by atoms with E-state index in [9.17, 15) is 4.39 Å². The van der Waals surface area contributed by atoms with Crippen molar-refractivity contribution in [2.45, 2.75) is 12.3 Å². The Labute approximate surface area is 125 Å². The van der Waals surface area contributed by atoms with Crippen LogP contribution in [0.15, 0.2) is 40.9 Å². The van der Waals surface area contributed by atoms with Crippen LogP contribution in [0.3, 0.4) is 0 Å². The zero-order valence-corrected chi connectivity index (χ0v) is 12.9. The predicted octanol–water partition coefficient (Wildman–Crippen LogP) is 5.23.